The van der Waals surface area contributed by atoms with E-state index in [1.807, 2.05) is 36.4 Å². The van der Waals surface area contributed by atoms with Crippen molar-refractivity contribution >= 4 is 23.4 Å². The molecule has 3 heteroatoms. The molecule has 0 amide bonds. The molecule has 0 saturated carbocycles. The summed E-state index contributed by atoms with van der Waals surface area (Å²) in [5.41, 5.74) is 8.98. The summed E-state index contributed by atoms with van der Waals surface area (Å²) in [5, 5.41) is -0.272. The second kappa shape index (κ2) is 4.41. The molecule has 16 heavy (non-hydrogen) atoms. The Balaban J connectivity index is 2.48. The number of anilines is 1. The van der Waals surface area contributed by atoms with Crippen LogP contribution >= 0.6 is 12.6 Å². The summed E-state index contributed by atoms with van der Waals surface area (Å²) in [6.07, 6.45) is 0. The lowest BCUT2D eigenvalue weighted by Crippen LogP contribution is -1.95. The summed E-state index contributed by atoms with van der Waals surface area (Å²) in [6.45, 7) is 0. The molecule has 2 nitrogen and oxygen atoms in total. The smallest absolute Gasteiger partial charge is 0.216 e. The molecule has 0 atom stereocenters. The third-order valence-electron chi connectivity index (χ3n) is 2.38. The number of nitrogens with two attached hydrogens (primary N) is 1. The van der Waals surface area contributed by atoms with Crippen LogP contribution < -0.4 is 5.73 Å². The molecule has 2 aromatic carbocycles. The number of rotatable bonds is 2. The normalized spacial score (nSPS) is 10.1. The van der Waals surface area contributed by atoms with Crippen LogP contribution in [0.25, 0.3) is 11.1 Å². The Kier molecular flexibility index (Phi) is 2.97. The van der Waals surface area contributed by atoms with Gasteiger partial charge in [-0.15, -0.1) is 12.6 Å². The third-order valence-corrected chi connectivity index (χ3v) is 2.64. The van der Waals surface area contributed by atoms with Gasteiger partial charge in [-0.3, -0.25) is 4.79 Å². The lowest BCUT2D eigenvalue weighted by molar-refractivity contribution is 0.109. The Hall–Kier alpha value is -1.74. The molecule has 0 heterocycles. The van der Waals surface area contributed by atoms with Gasteiger partial charge in [-0.1, -0.05) is 36.4 Å². The van der Waals surface area contributed by atoms with E-state index in [4.69, 9.17) is 5.73 Å². The summed E-state index contributed by atoms with van der Waals surface area (Å²) in [4.78, 5) is 11.1. The van der Waals surface area contributed by atoms with Gasteiger partial charge in [0.05, 0.1) is 0 Å². The Bertz CT molecular complexity index is 523. The van der Waals surface area contributed by atoms with Gasteiger partial charge in [-0.25, -0.2) is 0 Å². The summed E-state index contributed by atoms with van der Waals surface area (Å²) < 4.78 is 0. The maximum absolute atomic E-state index is 11.1. The van der Waals surface area contributed by atoms with Crippen molar-refractivity contribution in [3.05, 3.63) is 54.1 Å². The number of carbonyl (C=O) groups is 1. The van der Waals surface area contributed by atoms with Crippen molar-refractivity contribution in [2.24, 2.45) is 0 Å². The Morgan fingerprint density at radius 3 is 2.31 bits per heavy atom. The fourth-order valence-corrected chi connectivity index (χ4v) is 1.72. The third kappa shape index (κ3) is 2.09. The highest BCUT2D eigenvalue weighted by atomic mass is 32.1. The van der Waals surface area contributed by atoms with Gasteiger partial charge in [0.1, 0.15) is 0 Å². The number of hydrogen-bond acceptors (Lipinski definition) is 2. The van der Waals surface area contributed by atoms with Gasteiger partial charge < -0.3 is 5.73 Å². The second-order valence-corrected chi connectivity index (χ2v) is 3.88. The fraction of sp³-hybridized carbons (Fsp3) is 0. The highest BCUT2D eigenvalue weighted by Gasteiger charge is 2.05. The average Bonchev–Trinajstić information content (AvgIpc) is 2.30. The molecule has 0 aliphatic heterocycles. The van der Waals surface area contributed by atoms with Gasteiger partial charge in [0.15, 0.2) is 0 Å². The highest BCUT2D eigenvalue weighted by Crippen LogP contribution is 2.26. The number of benzene rings is 2. The van der Waals surface area contributed by atoms with E-state index >= 15 is 0 Å². The fourth-order valence-electron chi connectivity index (χ4n) is 1.58. The maximum Gasteiger partial charge on any atom is 0.216 e. The van der Waals surface area contributed by atoms with E-state index in [1.165, 1.54) is 0 Å². The zero-order valence-corrected chi connectivity index (χ0v) is 9.45. The zero-order chi connectivity index (χ0) is 11.5. The standard InChI is InChI=1S/C13H11NOS/c14-12-8-10(13(15)16)6-7-11(12)9-4-2-1-3-5-9/h1-8H,14H2,(H,15,16). The molecular formula is C13H11NOS. The predicted octanol–water partition coefficient (Wildman–Crippen LogP) is 3.01. The number of carbonyl (C=O) groups excluding carboxylic acids is 1. The van der Waals surface area contributed by atoms with Crippen LogP contribution in [-0.4, -0.2) is 5.12 Å². The van der Waals surface area contributed by atoms with E-state index in [-0.39, 0.29) is 5.12 Å². The number of thiol groups is 1. The van der Waals surface area contributed by atoms with Crippen molar-refractivity contribution in [2.75, 3.05) is 5.73 Å². The van der Waals surface area contributed by atoms with E-state index in [1.54, 1.807) is 12.1 Å². The second-order valence-electron chi connectivity index (χ2n) is 3.47. The van der Waals surface area contributed by atoms with Crippen LogP contribution in [0.3, 0.4) is 0 Å². The van der Waals surface area contributed by atoms with Crippen LogP contribution in [0, 0.1) is 0 Å². The lowest BCUT2D eigenvalue weighted by atomic mass is 10.0. The summed E-state index contributed by atoms with van der Waals surface area (Å²) >= 11 is 3.76. The molecule has 0 aliphatic rings. The SMILES string of the molecule is Nc1cc(C(=O)S)ccc1-c1ccccc1. The molecule has 0 aromatic heterocycles. The molecule has 0 fully saturated rings. The van der Waals surface area contributed by atoms with Crippen LogP contribution in [0.4, 0.5) is 5.69 Å². The van der Waals surface area contributed by atoms with E-state index in [9.17, 15) is 4.79 Å². The zero-order valence-electron chi connectivity index (χ0n) is 8.55. The molecule has 2 N–H and O–H groups in total. The van der Waals surface area contributed by atoms with E-state index in [0.29, 0.717) is 11.3 Å². The van der Waals surface area contributed by atoms with Gasteiger partial charge in [-0.05, 0) is 17.7 Å². The van der Waals surface area contributed by atoms with Gasteiger partial charge in [0, 0.05) is 16.8 Å². The van der Waals surface area contributed by atoms with Gasteiger partial charge in [0.2, 0.25) is 5.12 Å². The molecule has 0 aliphatic carbocycles. The molecule has 0 spiro atoms. The topological polar surface area (TPSA) is 43.1 Å². The minimum Gasteiger partial charge on any atom is -0.398 e. The predicted molar refractivity (Wildman–Crippen MR) is 69.6 cm³/mol. The first-order valence-electron chi connectivity index (χ1n) is 4.87. The molecular weight excluding hydrogens is 218 g/mol. The van der Waals surface area contributed by atoms with Crippen LogP contribution in [-0.2, 0) is 0 Å². The molecule has 0 saturated heterocycles. The first-order chi connectivity index (χ1) is 7.68. The van der Waals surface area contributed by atoms with E-state index in [0.717, 1.165) is 11.1 Å². The van der Waals surface area contributed by atoms with Crippen LogP contribution in [0.5, 0.6) is 0 Å². The van der Waals surface area contributed by atoms with Crippen LogP contribution in [0.2, 0.25) is 0 Å². The van der Waals surface area contributed by atoms with E-state index in [2.05, 4.69) is 12.6 Å². The molecule has 2 rings (SSSR count). The molecule has 0 unspecified atom stereocenters. The van der Waals surface area contributed by atoms with Crippen molar-refractivity contribution in [3.63, 3.8) is 0 Å². The van der Waals surface area contributed by atoms with Gasteiger partial charge in [0.25, 0.3) is 0 Å². The minimum atomic E-state index is -0.272. The van der Waals surface area contributed by atoms with Crippen molar-refractivity contribution in [3.8, 4) is 11.1 Å². The van der Waals surface area contributed by atoms with Crippen molar-refractivity contribution in [1.29, 1.82) is 0 Å². The molecule has 0 bridgehead atoms. The summed E-state index contributed by atoms with van der Waals surface area (Å²) in [5.74, 6) is 0. The van der Waals surface area contributed by atoms with E-state index < -0.39 is 0 Å². The van der Waals surface area contributed by atoms with Crippen molar-refractivity contribution in [1.82, 2.24) is 0 Å². The van der Waals surface area contributed by atoms with Crippen LogP contribution in [0.1, 0.15) is 10.4 Å². The number of hydrogen-bond donors (Lipinski definition) is 2. The average molecular weight is 229 g/mol. The molecule has 0 radical (unpaired) electrons. The maximum atomic E-state index is 11.1. The van der Waals surface area contributed by atoms with Crippen molar-refractivity contribution < 1.29 is 4.79 Å². The Labute approximate surface area is 99.5 Å². The molecule has 80 valence electrons. The monoisotopic (exact) mass is 229 g/mol. The first kappa shape index (κ1) is 10.8. The van der Waals surface area contributed by atoms with Gasteiger partial charge >= 0.3 is 0 Å². The number of nitrogen functional groups attached to an aromatic ring is 1. The molecule has 2 aromatic rings. The highest BCUT2D eigenvalue weighted by molar-refractivity contribution is 7.97. The quantitative estimate of drug-likeness (QED) is 0.614. The summed E-state index contributed by atoms with van der Waals surface area (Å²) in [6, 6.07) is 15.0. The minimum absolute atomic E-state index is 0.272. The Morgan fingerprint density at radius 1 is 1.06 bits per heavy atom. The largest absolute Gasteiger partial charge is 0.398 e. The van der Waals surface area contributed by atoms with Crippen molar-refractivity contribution in [2.45, 2.75) is 0 Å². The van der Waals surface area contributed by atoms with Crippen LogP contribution in [0.15, 0.2) is 48.5 Å². The Morgan fingerprint density at radius 2 is 1.75 bits per heavy atom. The van der Waals surface area contributed by atoms with Gasteiger partial charge in [-0.2, -0.15) is 0 Å². The lowest BCUT2D eigenvalue weighted by Gasteiger charge is -2.06. The first-order valence-corrected chi connectivity index (χ1v) is 5.31. The summed E-state index contributed by atoms with van der Waals surface area (Å²) in [7, 11) is 0.